The van der Waals surface area contributed by atoms with Crippen LogP contribution >= 0.6 is 61.1 Å². The molecule has 0 unspecified atom stereocenters. The summed E-state index contributed by atoms with van der Waals surface area (Å²) in [6.07, 6.45) is 2.45. The molecule has 0 spiro atoms. The summed E-state index contributed by atoms with van der Waals surface area (Å²) in [5.41, 5.74) is 6.38. The Labute approximate surface area is 214 Å². The summed E-state index contributed by atoms with van der Waals surface area (Å²) in [6.45, 7) is 3.88. The highest BCUT2D eigenvalue weighted by atomic mass is 127. The number of carbonyl (C=O) groups is 1. The Balaban J connectivity index is 2.07. The van der Waals surface area contributed by atoms with Crippen molar-refractivity contribution in [2.45, 2.75) is 26.2 Å². The van der Waals surface area contributed by atoms with E-state index in [1.807, 2.05) is 38.1 Å². The minimum absolute atomic E-state index is 0.0581. The van der Waals surface area contributed by atoms with E-state index in [0.717, 1.165) is 23.6 Å². The fourth-order valence-corrected chi connectivity index (χ4v) is 5.33. The molecule has 0 saturated heterocycles. The third-order valence-electron chi connectivity index (χ3n) is 4.59. The molecule has 162 valence electrons. The molecule has 7 nitrogen and oxygen atoms in total. The second-order valence-corrected chi connectivity index (χ2v) is 10.1. The van der Waals surface area contributed by atoms with Crippen LogP contribution in [0.3, 0.4) is 0 Å². The minimum atomic E-state index is -0.537. The van der Waals surface area contributed by atoms with Crippen molar-refractivity contribution in [3.63, 3.8) is 0 Å². The van der Waals surface area contributed by atoms with Gasteiger partial charge in [0.25, 0.3) is 11.5 Å². The Hall–Kier alpha value is -1.54. The van der Waals surface area contributed by atoms with Gasteiger partial charge in [-0.1, -0.05) is 29.8 Å². The van der Waals surface area contributed by atoms with Gasteiger partial charge in [0.2, 0.25) is 0 Å². The van der Waals surface area contributed by atoms with Crippen LogP contribution in [0.2, 0.25) is 0 Å². The maximum absolute atomic E-state index is 13.2. The SMILES string of the molecule is CC[C@H](C)c1nc2ccc(Br)cc2c(=O)n1N=Cc1cc(I)c(OCC(N)=O)c(I)c1. The number of benzene rings is 2. The van der Waals surface area contributed by atoms with Gasteiger partial charge in [0.1, 0.15) is 11.6 Å². The standard InChI is InChI=1S/C21H19BrI2N4O3/c1-3-11(2)20-27-17-5-4-13(22)8-14(17)21(30)28(20)26-9-12-6-15(23)19(16(24)7-12)31-10-18(25)29/h4-9,11H,3,10H2,1-2H3,(H2,25,29)/t11-/m0/s1. The molecule has 3 rings (SSSR count). The summed E-state index contributed by atoms with van der Waals surface area (Å²) in [5, 5.41) is 4.99. The number of hydrogen-bond donors (Lipinski definition) is 1. The summed E-state index contributed by atoms with van der Waals surface area (Å²) in [6, 6.07) is 9.18. The number of amides is 1. The van der Waals surface area contributed by atoms with Crippen LogP contribution in [0.25, 0.3) is 10.9 Å². The minimum Gasteiger partial charge on any atom is -0.482 e. The Morgan fingerprint density at radius 3 is 2.61 bits per heavy atom. The molecule has 0 aliphatic carbocycles. The van der Waals surface area contributed by atoms with Crippen molar-refractivity contribution in [3.05, 3.63) is 63.7 Å². The summed E-state index contributed by atoms with van der Waals surface area (Å²) < 4.78 is 9.28. The average molecular weight is 709 g/mol. The molecule has 2 aromatic carbocycles. The molecule has 0 aliphatic rings. The van der Waals surface area contributed by atoms with Crippen molar-refractivity contribution in [1.82, 2.24) is 9.66 Å². The second-order valence-electron chi connectivity index (χ2n) is 6.87. The van der Waals surface area contributed by atoms with Gasteiger partial charge in [0.05, 0.1) is 24.3 Å². The van der Waals surface area contributed by atoms with Gasteiger partial charge < -0.3 is 10.5 Å². The molecule has 10 heteroatoms. The fourth-order valence-electron chi connectivity index (χ4n) is 2.84. The van der Waals surface area contributed by atoms with Crippen LogP contribution in [0.15, 0.2) is 44.7 Å². The van der Waals surface area contributed by atoms with Crippen LogP contribution in [-0.2, 0) is 4.79 Å². The van der Waals surface area contributed by atoms with E-state index in [2.05, 4.69) is 66.2 Å². The lowest BCUT2D eigenvalue weighted by molar-refractivity contribution is -0.119. The molecule has 0 aliphatic heterocycles. The number of carbonyl (C=O) groups excluding carboxylic acids is 1. The number of halogens is 3. The van der Waals surface area contributed by atoms with Crippen molar-refractivity contribution in [2.75, 3.05) is 6.61 Å². The molecule has 0 fully saturated rings. The molecular formula is C21H19BrI2N4O3. The maximum atomic E-state index is 13.2. The second kappa shape index (κ2) is 10.4. The number of rotatable bonds is 7. The number of nitrogens with two attached hydrogens (primary N) is 1. The Kier molecular flexibility index (Phi) is 8.08. The van der Waals surface area contributed by atoms with Crippen LogP contribution in [0.5, 0.6) is 5.75 Å². The zero-order valence-electron chi connectivity index (χ0n) is 16.7. The van der Waals surface area contributed by atoms with E-state index in [4.69, 9.17) is 15.5 Å². The lowest BCUT2D eigenvalue weighted by Gasteiger charge is -2.14. The number of aromatic nitrogens is 2. The number of fused-ring (bicyclic) bond motifs is 1. The normalized spacial score (nSPS) is 12.4. The van der Waals surface area contributed by atoms with Crippen molar-refractivity contribution < 1.29 is 9.53 Å². The predicted octanol–water partition coefficient (Wildman–Crippen LogP) is 4.63. The Morgan fingerprint density at radius 2 is 2.00 bits per heavy atom. The fraction of sp³-hybridized carbons (Fsp3) is 0.238. The van der Waals surface area contributed by atoms with Crippen LogP contribution in [0.4, 0.5) is 0 Å². The third kappa shape index (κ3) is 5.64. The van der Waals surface area contributed by atoms with E-state index in [1.165, 1.54) is 4.68 Å². The van der Waals surface area contributed by atoms with Crippen LogP contribution in [-0.4, -0.2) is 28.4 Å². The van der Waals surface area contributed by atoms with Gasteiger partial charge >= 0.3 is 0 Å². The van der Waals surface area contributed by atoms with Gasteiger partial charge in [0, 0.05) is 10.4 Å². The number of primary amides is 1. The smallest absolute Gasteiger partial charge is 0.282 e. The topological polar surface area (TPSA) is 99.6 Å². The van der Waals surface area contributed by atoms with Gasteiger partial charge in [-0.25, -0.2) is 4.98 Å². The Bertz CT molecular complexity index is 1220. The molecule has 31 heavy (non-hydrogen) atoms. The van der Waals surface area contributed by atoms with Gasteiger partial charge in [-0.15, -0.1) is 0 Å². The van der Waals surface area contributed by atoms with Crippen molar-refractivity contribution in [1.29, 1.82) is 0 Å². The zero-order valence-corrected chi connectivity index (χ0v) is 22.6. The lowest BCUT2D eigenvalue weighted by Crippen LogP contribution is -2.23. The highest BCUT2D eigenvalue weighted by molar-refractivity contribution is 14.1. The van der Waals surface area contributed by atoms with E-state index < -0.39 is 5.91 Å². The summed E-state index contributed by atoms with van der Waals surface area (Å²) in [7, 11) is 0. The molecule has 0 radical (unpaired) electrons. The first kappa shape index (κ1) is 24.1. The highest BCUT2D eigenvalue weighted by Gasteiger charge is 2.16. The Morgan fingerprint density at radius 1 is 1.32 bits per heavy atom. The molecule has 3 aromatic rings. The lowest BCUT2D eigenvalue weighted by atomic mass is 10.1. The van der Waals surface area contributed by atoms with Crippen LogP contribution < -0.4 is 16.0 Å². The van der Waals surface area contributed by atoms with Crippen molar-refractivity contribution >= 4 is 84.1 Å². The predicted molar refractivity (Wildman–Crippen MR) is 142 cm³/mol. The average Bonchev–Trinajstić information content (AvgIpc) is 2.72. The molecule has 1 heterocycles. The van der Waals surface area contributed by atoms with Crippen molar-refractivity contribution in [3.8, 4) is 5.75 Å². The third-order valence-corrected chi connectivity index (χ3v) is 6.68. The van der Waals surface area contributed by atoms with Crippen LogP contribution in [0.1, 0.15) is 37.6 Å². The largest absolute Gasteiger partial charge is 0.482 e. The quantitative estimate of drug-likeness (QED) is 0.286. The molecular weight excluding hydrogens is 690 g/mol. The molecule has 1 amide bonds. The van der Waals surface area contributed by atoms with E-state index in [9.17, 15) is 9.59 Å². The van der Waals surface area contributed by atoms with E-state index in [0.29, 0.717) is 22.5 Å². The van der Waals surface area contributed by atoms with Crippen molar-refractivity contribution in [2.24, 2.45) is 10.8 Å². The summed E-state index contributed by atoms with van der Waals surface area (Å²) in [5.74, 6) is 0.726. The highest BCUT2D eigenvalue weighted by Crippen LogP contribution is 2.28. The van der Waals surface area contributed by atoms with Gasteiger partial charge in [0.15, 0.2) is 6.61 Å². The van der Waals surface area contributed by atoms with Crippen LogP contribution in [0, 0.1) is 7.14 Å². The summed E-state index contributed by atoms with van der Waals surface area (Å²) in [4.78, 5) is 28.9. The van der Waals surface area contributed by atoms with E-state index >= 15 is 0 Å². The first-order chi connectivity index (χ1) is 14.7. The number of nitrogens with zero attached hydrogens (tertiary/aromatic N) is 3. The van der Waals surface area contributed by atoms with E-state index in [1.54, 1.807) is 12.3 Å². The van der Waals surface area contributed by atoms with Gasteiger partial charge in [-0.3, -0.25) is 9.59 Å². The zero-order chi connectivity index (χ0) is 22.7. The summed E-state index contributed by atoms with van der Waals surface area (Å²) >= 11 is 7.67. The molecule has 2 N–H and O–H groups in total. The number of ether oxygens (including phenoxy) is 1. The van der Waals surface area contributed by atoms with Gasteiger partial charge in [-0.2, -0.15) is 9.78 Å². The molecule has 1 atom stereocenters. The first-order valence-electron chi connectivity index (χ1n) is 9.38. The molecule has 0 saturated carbocycles. The molecule has 0 bridgehead atoms. The first-order valence-corrected chi connectivity index (χ1v) is 12.3. The monoisotopic (exact) mass is 708 g/mol. The van der Waals surface area contributed by atoms with E-state index in [-0.39, 0.29) is 18.1 Å². The number of hydrogen-bond acceptors (Lipinski definition) is 5. The maximum Gasteiger partial charge on any atom is 0.282 e. The van der Waals surface area contributed by atoms with Gasteiger partial charge in [-0.05, 0) is 87.5 Å². The molecule has 1 aromatic heterocycles.